The maximum atomic E-state index is 12.5. The van der Waals surface area contributed by atoms with Gasteiger partial charge >= 0.3 is 5.69 Å². The first-order valence-corrected chi connectivity index (χ1v) is 10.1. The molecule has 1 N–H and O–H groups in total. The van der Waals surface area contributed by atoms with E-state index in [1.54, 1.807) is 42.4 Å². The molecule has 0 aliphatic heterocycles. The molecule has 0 amide bonds. The predicted octanol–water partition coefficient (Wildman–Crippen LogP) is 2.78. The van der Waals surface area contributed by atoms with Gasteiger partial charge in [-0.15, -0.1) is 5.10 Å². The molecule has 32 heavy (non-hydrogen) atoms. The highest BCUT2D eigenvalue weighted by Gasteiger charge is 2.26. The van der Waals surface area contributed by atoms with Crippen LogP contribution in [0, 0.1) is 6.92 Å². The Morgan fingerprint density at radius 1 is 1.22 bits per heavy atom. The van der Waals surface area contributed by atoms with Gasteiger partial charge in [-0.25, -0.2) is 9.78 Å². The molecule has 10 heteroatoms. The zero-order chi connectivity index (χ0) is 22.9. The number of nitrogens with one attached hydrogen (secondary N) is 1. The third kappa shape index (κ3) is 4.30. The van der Waals surface area contributed by atoms with Crippen molar-refractivity contribution >= 4 is 0 Å². The topological polar surface area (TPSA) is 113 Å². The number of hydrogen-bond acceptors (Lipinski definition) is 7. The van der Waals surface area contributed by atoms with E-state index < -0.39 is 5.41 Å². The van der Waals surface area contributed by atoms with Gasteiger partial charge in [0.05, 0.1) is 24.2 Å². The van der Waals surface area contributed by atoms with E-state index in [1.165, 1.54) is 4.68 Å². The van der Waals surface area contributed by atoms with Gasteiger partial charge in [0, 0.05) is 43.6 Å². The third-order valence-corrected chi connectivity index (χ3v) is 4.96. The van der Waals surface area contributed by atoms with Gasteiger partial charge in [0.1, 0.15) is 17.3 Å². The molecule has 4 rings (SSSR count). The van der Waals surface area contributed by atoms with Crippen molar-refractivity contribution < 1.29 is 9.47 Å². The van der Waals surface area contributed by atoms with Gasteiger partial charge in [0.2, 0.25) is 0 Å². The van der Waals surface area contributed by atoms with Crippen LogP contribution in [0.4, 0.5) is 0 Å². The Bertz CT molecular complexity index is 1300. The lowest BCUT2D eigenvalue weighted by Crippen LogP contribution is -2.25. The number of ether oxygens (including phenoxy) is 2. The minimum Gasteiger partial charge on any atom is -0.455 e. The Morgan fingerprint density at radius 2 is 2.03 bits per heavy atom. The second-order valence-corrected chi connectivity index (χ2v) is 8.14. The minimum atomic E-state index is -0.440. The molecule has 4 aromatic heterocycles. The molecule has 166 valence electrons. The molecule has 10 nitrogen and oxygen atoms in total. The lowest BCUT2D eigenvalue weighted by atomic mass is 9.94. The number of H-pyrrole nitrogens is 1. The maximum Gasteiger partial charge on any atom is 0.349 e. The van der Waals surface area contributed by atoms with E-state index in [0.29, 0.717) is 35.4 Å². The minimum absolute atomic E-state index is 0.361. The van der Waals surface area contributed by atoms with Crippen LogP contribution in [-0.2, 0) is 17.2 Å². The molecular formula is C22H25N7O3. The highest BCUT2D eigenvalue weighted by molar-refractivity contribution is 5.58. The van der Waals surface area contributed by atoms with Crippen LogP contribution in [0.25, 0.3) is 17.1 Å². The van der Waals surface area contributed by atoms with Gasteiger partial charge in [0.25, 0.3) is 0 Å². The van der Waals surface area contributed by atoms with Gasteiger partial charge in [-0.2, -0.15) is 9.78 Å². The molecule has 0 aliphatic carbocycles. The molecule has 0 bridgehead atoms. The molecule has 0 fully saturated rings. The van der Waals surface area contributed by atoms with E-state index in [0.717, 1.165) is 11.3 Å². The van der Waals surface area contributed by atoms with Gasteiger partial charge in [-0.05, 0) is 25.1 Å². The van der Waals surface area contributed by atoms with Crippen molar-refractivity contribution in [2.75, 3.05) is 13.7 Å². The highest BCUT2D eigenvalue weighted by Crippen LogP contribution is 2.27. The Balaban J connectivity index is 1.59. The van der Waals surface area contributed by atoms with Crippen LogP contribution >= 0.6 is 0 Å². The van der Waals surface area contributed by atoms with Crippen LogP contribution in [0.1, 0.15) is 25.4 Å². The standard InChI is InChI=1S/C22H25N7O3/c1-14-18(32-16-8-9-23-17(10-16)15-11-24-28(4)12-15)6-7-19(25-14)29-21(30)26-20(27-29)22(2,3)13-31-5/h6-12H,13H2,1-5H3,(H,26,27,30). The first kappa shape index (κ1) is 21.4. The fourth-order valence-corrected chi connectivity index (χ4v) is 3.29. The summed E-state index contributed by atoms with van der Waals surface area (Å²) in [7, 11) is 3.47. The number of aromatic nitrogens is 7. The molecule has 0 saturated heterocycles. The number of rotatable bonds is 7. The second kappa shape index (κ2) is 8.39. The molecule has 0 spiro atoms. The first-order chi connectivity index (χ1) is 15.3. The normalized spacial score (nSPS) is 11.7. The SMILES string of the molecule is COCC(C)(C)c1nn(-c2ccc(Oc3ccnc(-c4cnn(C)c4)c3)c(C)n2)c(=O)[nH]1. The molecular weight excluding hydrogens is 410 g/mol. The molecule has 0 radical (unpaired) electrons. The fourth-order valence-electron chi connectivity index (χ4n) is 3.29. The van der Waals surface area contributed by atoms with Gasteiger partial charge in [-0.3, -0.25) is 14.6 Å². The molecule has 0 atom stereocenters. The van der Waals surface area contributed by atoms with Crippen molar-refractivity contribution in [1.29, 1.82) is 0 Å². The summed E-state index contributed by atoms with van der Waals surface area (Å²) in [6.07, 6.45) is 5.32. The van der Waals surface area contributed by atoms with E-state index in [2.05, 4.69) is 25.1 Å². The summed E-state index contributed by atoms with van der Waals surface area (Å²) < 4.78 is 14.2. The van der Waals surface area contributed by atoms with E-state index >= 15 is 0 Å². The number of aromatic amines is 1. The van der Waals surface area contributed by atoms with Crippen LogP contribution in [0.5, 0.6) is 11.5 Å². The Labute approximate surface area is 184 Å². The average molecular weight is 435 g/mol. The number of aryl methyl sites for hydroxylation is 2. The monoisotopic (exact) mass is 435 g/mol. The predicted molar refractivity (Wildman–Crippen MR) is 118 cm³/mol. The van der Waals surface area contributed by atoms with Crippen molar-refractivity contribution in [2.24, 2.45) is 7.05 Å². The summed E-state index contributed by atoms with van der Waals surface area (Å²) in [5, 5.41) is 8.60. The van der Waals surface area contributed by atoms with E-state index in [4.69, 9.17) is 9.47 Å². The molecule has 4 heterocycles. The number of pyridine rings is 2. The molecule has 0 aromatic carbocycles. The Morgan fingerprint density at radius 3 is 2.72 bits per heavy atom. The summed E-state index contributed by atoms with van der Waals surface area (Å²) in [6.45, 7) is 6.13. The zero-order valence-corrected chi connectivity index (χ0v) is 18.7. The lowest BCUT2D eigenvalue weighted by molar-refractivity contribution is 0.142. The zero-order valence-electron chi connectivity index (χ0n) is 18.7. The summed E-state index contributed by atoms with van der Waals surface area (Å²) in [6, 6.07) is 7.08. The fraction of sp³-hybridized carbons (Fsp3) is 0.318. The summed E-state index contributed by atoms with van der Waals surface area (Å²) in [4.78, 5) is 24.2. The number of hydrogen-bond donors (Lipinski definition) is 1. The third-order valence-electron chi connectivity index (χ3n) is 4.96. The smallest absolute Gasteiger partial charge is 0.349 e. The highest BCUT2D eigenvalue weighted by atomic mass is 16.5. The summed E-state index contributed by atoms with van der Waals surface area (Å²) in [5.41, 5.74) is 1.47. The Kier molecular flexibility index (Phi) is 5.62. The number of methoxy groups -OCH3 is 1. The van der Waals surface area contributed by atoms with E-state index in [-0.39, 0.29) is 5.69 Å². The van der Waals surface area contributed by atoms with Gasteiger partial charge < -0.3 is 9.47 Å². The Hall–Kier alpha value is -3.79. The van der Waals surface area contributed by atoms with E-state index in [1.807, 2.05) is 40.1 Å². The molecule has 0 aliphatic rings. The maximum absolute atomic E-state index is 12.5. The quantitative estimate of drug-likeness (QED) is 0.475. The van der Waals surface area contributed by atoms with Gasteiger partial charge in [0.15, 0.2) is 5.82 Å². The van der Waals surface area contributed by atoms with Crippen molar-refractivity contribution in [2.45, 2.75) is 26.2 Å². The number of nitrogens with zero attached hydrogens (tertiary/aromatic N) is 6. The van der Waals surface area contributed by atoms with Gasteiger partial charge in [-0.1, -0.05) is 13.8 Å². The van der Waals surface area contributed by atoms with Crippen LogP contribution in [0.15, 0.2) is 47.7 Å². The van der Waals surface area contributed by atoms with Crippen LogP contribution in [0.3, 0.4) is 0 Å². The summed E-state index contributed by atoms with van der Waals surface area (Å²) in [5.74, 6) is 2.13. The van der Waals surface area contributed by atoms with Crippen LogP contribution in [-0.4, -0.2) is 48.2 Å². The molecule has 0 unspecified atom stereocenters. The first-order valence-electron chi connectivity index (χ1n) is 10.1. The van der Waals surface area contributed by atoms with Crippen molar-refractivity contribution in [3.8, 4) is 28.6 Å². The van der Waals surface area contributed by atoms with Crippen LogP contribution < -0.4 is 10.4 Å². The second-order valence-electron chi connectivity index (χ2n) is 8.14. The van der Waals surface area contributed by atoms with Crippen molar-refractivity contribution in [3.05, 3.63) is 64.9 Å². The van der Waals surface area contributed by atoms with Crippen molar-refractivity contribution in [1.82, 2.24) is 34.5 Å². The largest absolute Gasteiger partial charge is 0.455 e. The molecule has 0 saturated carbocycles. The van der Waals surface area contributed by atoms with E-state index in [9.17, 15) is 4.79 Å². The molecule has 4 aromatic rings. The van der Waals surface area contributed by atoms with Crippen molar-refractivity contribution in [3.63, 3.8) is 0 Å². The lowest BCUT2D eigenvalue weighted by Gasteiger charge is -2.19. The average Bonchev–Trinajstić information content (AvgIpc) is 3.36. The summed E-state index contributed by atoms with van der Waals surface area (Å²) >= 11 is 0. The van der Waals surface area contributed by atoms with Crippen LogP contribution in [0.2, 0.25) is 0 Å².